The van der Waals surface area contributed by atoms with Crippen LogP contribution in [0.15, 0.2) is 0 Å². The fourth-order valence-corrected chi connectivity index (χ4v) is 1.75. The van der Waals surface area contributed by atoms with Crippen molar-refractivity contribution in [3.63, 3.8) is 0 Å². The molecule has 1 aliphatic heterocycles. The van der Waals surface area contributed by atoms with Crippen molar-refractivity contribution < 1.29 is 19.4 Å². The molecule has 0 atom stereocenters. The van der Waals surface area contributed by atoms with Crippen molar-refractivity contribution in [3.8, 4) is 0 Å². The van der Waals surface area contributed by atoms with Gasteiger partial charge in [0.15, 0.2) is 0 Å². The fraction of sp³-hybridized carbons (Fsp3) is 0.909. The number of aliphatic hydroxyl groups excluding tert-OH is 1. The van der Waals surface area contributed by atoms with Crippen molar-refractivity contribution in [2.75, 3.05) is 33.0 Å². The van der Waals surface area contributed by atoms with Gasteiger partial charge in [0.25, 0.3) is 0 Å². The SMILES string of the molecule is CCOCCC(=O)NC1(CO)CCOCC1. The van der Waals surface area contributed by atoms with Gasteiger partial charge in [-0.05, 0) is 19.8 Å². The maximum atomic E-state index is 11.6. The van der Waals surface area contributed by atoms with Crippen molar-refractivity contribution in [2.45, 2.75) is 31.7 Å². The van der Waals surface area contributed by atoms with Crippen molar-refractivity contribution in [2.24, 2.45) is 0 Å². The quantitative estimate of drug-likeness (QED) is 0.635. The zero-order valence-electron chi connectivity index (χ0n) is 9.83. The molecule has 0 aromatic heterocycles. The molecular weight excluding hydrogens is 210 g/mol. The molecule has 0 aromatic rings. The van der Waals surface area contributed by atoms with E-state index >= 15 is 0 Å². The minimum Gasteiger partial charge on any atom is -0.394 e. The van der Waals surface area contributed by atoms with Gasteiger partial charge < -0.3 is 19.9 Å². The van der Waals surface area contributed by atoms with E-state index in [1.807, 2.05) is 6.92 Å². The van der Waals surface area contributed by atoms with Crippen molar-refractivity contribution in [1.82, 2.24) is 5.32 Å². The zero-order valence-corrected chi connectivity index (χ0v) is 9.83. The fourth-order valence-electron chi connectivity index (χ4n) is 1.75. The predicted molar refractivity (Wildman–Crippen MR) is 59.1 cm³/mol. The molecule has 1 heterocycles. The maximum Gasteiger partial charge on any atom is 0.222 e. The first kappa shape index (κ1) is 13.4. The van der Waals surface area contributed by atoms with E-state index in [1.165, 1.54) is 0 Å². The van der Waals surface area contributed by atoms with Crippen LogP contribution in [-0.2, 0) is 14.3 Å². The van der Waals surface area contributed by atoms with E-state index in [0.29, 0.717) is 45.7 Å². The first-order valence-electron chi connectivity index (χ1n) is 5.80. The molecule has 1 saturated heterocycles. The zero-order chi connectivity index (χ0) is 11.9. The highest BCUT2D eigenvalue weighted by atomic mass is 16.5. The first-order chi connectivity index (χ1) is 7.72. The lowest BCUT2D eigenvalue weighted by molar-refractivity contribution is -0.126. The number of aliphatic hydroxyl groups is 1. The van der Waals surface area contributed by atoms with E-state index in [-0.39, 0.29) is 12.5 Å². The monoisotopic (exact) mass is 231 g/mol. The summed E-state index contributed by atoms with van der Waals surface area (Å²) in [7, 11) is 0. The highest BCUT2D eigenvalue weighted by Gasteiger charge is 2.33. The number of carbonyl (C=O) groups excluding carboxylic acids is 1. The van der Waals surface area contributed by atoms with Crippen LogP contribution in [0.1, 0.15) is 26.2 Å². The molecule has 0 aromatic carbocycles. The van der Waals surface area contributed by atoms with Gasteiger partial charge in [-0.3, -0.25) is 4.79 Å². The van der Waals surface area contributed by atoms with Crippen LogP contribution in [0.4, 0.5) is 0 Å². The van der Waals surface area contributed by atoms with E-state index in [9.17, 15) is 9.90 Å². The summed E-state index contributed by atoms with van der Waals surface area (Å²) in [5.74, 6) is -0.0654. The lowest BCUT2D eigenvalue weighted by atomic mass is 9.91. The largest absolute Gasteiger partial charge is 0.394 e. The Labute approximate surface area is 96.1 Å². The Morgan fingerprint density at radius 1 is 1.50 bits per heavy atom. The second-order valence-corrected chi connectivity index (χ2v) is 4.05. The van der Waals surface area contributed by atoms with Crippen LogP contribution in [-0.4, -0.2) is 49.6 Å². The third-order valence-corrected chi connectivity index (χ3v) is 2.83. The number of carbonyl (C=O) groups is 1. The number of rotatable bonds is 6. The Morgan fingerprint density at radius 3 is 2.75 bits per heavy atom. The van der Waals surface area contributed by atoms with Gasteiger partial charge in [-0.1, -0.05) is 0 Å². The van der Waals surface area contributed by atoms with Gasteiger partial charge in [0.1, 0.15) is 0 Å². The molecule has 0 unspecified atom stereocenters. The van der Waals surface area contributed by atoms with Gasteiger partial charge in [0.05, 0.1) is 18.8 Å². The molecule has 5 nitrogen and oxygen atoms in total. The van der Waals surface area contributed by atoms with Crippen LogP contribution in [0.5, 0.6) is 0 Å². The Hall–Kier alpha value is -0.650. The smallest absolute Gasteiger partial charge is 0.222 e. The molecule has 0 aliphatic carbocycles. The molecule has 1 rings (SSSR count). The molecule has 0 radical (unpaired) electrons. The van der Waals surface area contributed by atoms with Gasteiger partial charge in [0.2, 0.25) is 5.91 Å². The Balaban J connectivity index is 2.33. The van der Waals surface area contributed by atoms with Gasteiger partial charge >= 0.3 is 0 Å². The van der Waals surface area contributed by atoms with Crippen LogP contribution >= 0.6 is 0 Å². The van der Waals surface area contributed by atoms with Gasteiger partial charge in [-0.15, -0.1) is 0 Å². The molecule has 2 N–H and O–H groups in total. The number of nitrogens with one attached hydrogen (secondary N) is 1. The molecular formula is C11H21NO4. The topological polar surface area (TPSA) is 67.8 Å². The summed E-state index contributed by atoms with van der Waals surface area (Å²) in [6.07, 6.45) is 1.68. The lowest BCUT2D eigenvalue weighted by Crippen LogP contribution is -2.54. The molecule has 1 fully saturated rings. The van der Waals surface area contributed by atoms with E-state index in [1.54, 1.807) is 0 Å². The Bertz CT molecular complexity index is 214. The van der Waals surface area contributed by atoms with Crippen LogP contribution in [0.3, 0.4) is 0 Å². The van der Waals surface area contributed by atoms with Crippen molar-refractivity contribution in [3.05, 3.63) is 0 Å². The van der Waals surface area contributed by atoms with E-state index < -0.39 is 5.54 Å². The Morgan fingerprint density at radius 2 is 2.19 bits per heavy atom. The molecule has 94 valence electrons. The minimum absolute atomic E-state index is 0.0310. The molecule has 0 saturated carbocycles. The third kappa shape index (κ3) is 4.08. The van der Waals surface area contributed by atoms with Crippen LogP contribution in [0.25, 0.3) is 0 Å². The molecule has 0 spiro atoms. The summed E-state index contributed by atoms with van der Waals surface area (Å²) in [4.78, 5) is 11.6. The summed E-state index contributed by atoms with van der Waals surface area (Å²) in [5.41, 5.74) is -0.485. The number of amides is 1. The van der Waals surface area contributed by atoms with Crippen LogP contribution in [0.2, 0.25) is 0 Å². The highest BCUT2D eigenvalue weighted by Crippen LogP contribution is 2.20. The van der Waals surface area contributed by atoms with E-state index in [0.717, 1.165) is 0 Å². The summed E-state index contributed by atoms with van der Waals surface area (Å²) in [6, 6.07) is 0. The van der Waals surface area contributed by atoms with Crippen molar-refractivity contribution >= 4 is 5.91 Å². The second-order valence-electron chi connectivity index (χ2n) is 4.05. The second kappa shape index (κ2) is 6.83. The van der Waals surface area contributed by atoms with Crippen LogP contribution < -0.4 is 5.32 Å². The maximum absolute atomic E-state index is 11.6. The average Bonchev–Trinajstić information content (AvgIpc) is 2.30. The third-order valence-electron chi connectivity index (χ3n) is 2.83. The molecule has 16 heavy (non-hydrogen) atoms. The predicted octanol–water partition coefficient (Wildman–Crippen LogP) is 0.0707. The standard InChI is InChI=1S/C11H21NO4/c1-2-15-6-3-10(14)12-11(9-13)4-7-16-8-5-11/h13H,2-9H2,1H3,(H,12,14). The molecule has 0 bridgehead atoms. The summed E-state index contributed by atoms with van der Waals surface area (Å²) < 4.78 is 10.3. The summed E-state index contributed by atoms with van der Waals surface area (Å²) in [6.45, 7) is 4.09. The van der Waals surface area contributed by atoms with Gasteiger partial charge in [-0.25, -0.2) is 0 Å². The first-order valence-corrected chi connectivity index (χ1v) is 5.80. The minimum atomic E-state index is -0.485. The summed E-state index contributed by atoms with van der Waals surface area (Å²) >= 11 is 0. The molecule has 5 heteroatoms. The molecule has 1 amide bonds. The summed E-state index contributed by atoms with van der Waals surface area (Å²) in [5, 5.41) is 12.3. The number of hydrogen-bond donors (Lipinski definition) is 2. The van der Waals surface area contributed by atoms with E-state index in [2.05, 4.69) is 5.32 Å². The Kier molecular flexibility index (Phi) is 5.73. The average molecular weight is 231 g/mol. The lowest BCUT2D eigenvalue weighted by Gasteiger charge is -2.36. The number of hydrogen-bond acceptors (Lipinski definition) is 4. The van der Waals surface area contributed by atoms with Crippen LogP contribution in [0, 0.1) is 0 Å². The molecule has 1 aliphatic rings. The normalized spacial score (nSPS) is 19.4. The van der Waals surface area contributed by atoms with E-state index in [4.69, 9.17) is 9.47 Å². The van der Waals surface area contributed by atoms with Crippen molar-refractivity contribution in [1.29, 1.82) is 0 Å². The van der Waals surface area contributed by atoms with Gasteiger partial charge in [0, 0.05) is 26.2 Å². The highest BCUT2D eigenvalue weighted by molar-refractivity contribution is 5.76. The number of ether oxygens (including phenoxy) is 2. The van der Waals surface area contributed by atoms with Gasteiger partial charge in [-0.2, -0.15) is 0 Å².